The van der Waals surface area contributed by atoms with E-state index in [0.29, 0.717) is 6.17 Å². The van der Waals surface area contributed by atoms with Crippen molar-refractivity contribution < 1.29 is 5.11 Å². The molecule has 3 atom stereocenters. The first kappa shape index (κ1) is 11.4. The second kappa shape index (κ2) is 5.30. The summed E-state index contributed by atoms with van der Waals surface area (Å²) < 4.78 is 0. The minimum absolute atomic E-state index is 0.0750. The average molecular weight is 211 g/mol. The second-order valence-corrected chi connectivity index (χ2v) is 4.80. The Morgan fingerprint density at radius 3 is 2.73 bits per heavy atom. The van der Waals surface area contributed by atoms with Crippen molar-refractivity contribution in [2.75, 3.05) is 13.3 Å². The SMILES string of the molecule is BNN(CO)C1CC2CCCCC2CN1. The Balaban J connectivity index is 1.90. The average Bonchev–Trinajstić information content (AvgIpc) is 2.30. The Labute approximate surface area is 92.8 Å². The van der Waals surface area contributed by atoms with Crippen LogP contribution >= 0.6 is 0 Å². The Morgan fingerprint density at radius 2 is 2.07 bits per heavy atom. The van der Waals surface area contributed by atoms with Crippen molar-refractivity contribution in [3.8, 4) is 0 Å². The predicted molar refractivity (Wildman–Crippen MR) is 62.5 cm³/mol. The number of rotatable bonds is 3. The Hall–Kier alpha value is -0.0951. The molecule has 0 aromatic carbocycles. The van der Waals surface area contributed by atoms with Crippen LogP contribution in [0.15, 0.2) is 0 Å². The highest BCUT2D eigenvalue weighted by molar-refractivity contribution is 6.03. The number of hydrogen-bond donors (Lipinski definition) is 3. The molecule has 0 bridgehead atoms. The molecule has 2 aliphatic rings. The summed E-state index contributed by atoms with van der Waals surface area (Å²) in [6.45, 7) is 1.19. The lowest BCUT2D eigenvalue weighted by molar-refractivity contribution is -0.00650. The van der Waals surface area contributed by atoms with Gasteiger partial charge in [0, 0.05) is 0 Å². The smallest absolute Gasteiger partial charge is 0.201 e. The van der Waals surface area contributed by atoms with E-state index in [9.17, 15) is 5.11 Å². The molecule has 1 saturated heterocycles. The number of aliphatic hydroxyl groups excluding tert-OH is 1. The molecule has 0 aromatic heterocycles. The van der Waals surface area contributed by atoms with Crippen molar-refractivity contribution in [3.63, 3.8) is 0 Å². The molecule has 5 heteroatoms. The number of nitrogens with one attached hydrogen (secondary N) is 2. The van der Waals surface area contributed by atoms with E-state index in [4.69, 9.17) is 0 Å². The molecule has 0 radical (unpaired) electrons. The van der Waals surface area contributed by atoms with Gasteiger partial charge in [0.05, 0.1) is 6.17 Å². The summed E-state index contributed by atoms with van der Waals surface area (Å²) in [5.74, 6) is 1.75. The summed E-state index contributed by atoms with van der Waals surface area (Å²) in [6.07, 6.45) is 7.05. The standard InChI is InChI=1S/C10H22BN3O/c11-13-14(7-15)10-5-8-3-1-2-4-9(8)6-12-10/h8-10,12-13,15H,1-7,11H2. The van der Waals surface area contributed by atoms with Crippen LogP contribution in [-0.4, -0.2) is 37.5 Å². The molecule has 2 rings (SSSR count). The summed E-state index contributed by atoms with van der Waals surface area (Å²) in [7, 11) is 1.87. The molecule has 3 unspecified atom stereocenters. The molecule has 3 N–H and O–H groups in total. The lowest BCUT2D eigenvalue weighted by atomic mass is 9.75. The van der Waals surface area contributed by atoms with Crippen LogP contribution in [-0.2, 0) is 0 Å². The van der Waals surface area contributed by atoms with Gasteiger partial charge in [-0.05, 0) is 31.2 Å². The molecule has 0 aromatic rings. The number of hydrazine groups is 1. The summed E-state index contributed by atoms with van der Waals surface area (Å²) >= 11 is 0. The van der Waals surface area contributed by atoms with Crippen LogP contribution < -0.4 is 10.7 Å². The Morgan fingerprint density at radius 1 is 1.33 bits per heavy atom. The summed E-state index contributed by atoms with van der Waals surface area (Å²) in [6, 6.07) is 0. The first-order valence-electron chi connectivity index (χ1n) is 6.13. The van der Waals surface area contributed by atoms with E-state index in [0.717, 1.165) is 18.4 Å². The number of aliphatic hydroxyl groups is 1. The van der Waals surface area contributed by atoms with Gasteiger partial charge in [0.15, 0.2) is 0 Å². The molecule has 1 heterocycles. The summed E-state index contributed by atoms with van der Waals surface area (Å²) in [5.41, 5.74) is 0. The molecule has 1 aliphatic carbocycles. The van der Waals surface area contributed by atoms with Gasteiger partial charge in [0.2, 0.25) is 7.98 Å². The fourth-order valence-electron chi connectivity index (χ4n) is 3.08. The van der Waals surface area contributed by atoms with Gasteiger partial charge in [-0.15, -0.1) is 0 Å². The van der Waals surface area contributed by atoms with Crippen LogP contribution in [0.25, 0.3) is 0 Å². The van der Waals surface area contributed by atoms with E-state index >= 15 is 0 Å². The summed E-state index contributed by atoms with van der Waals surface area (Å²) in [5, 5.41) is 17.6. The molecule has 4 nitrogen and oxygen atoms in total. The highest BCUT2D eigenvalue weighted by Crippen LogP contribution is 2.35. The molecule has 2 fully saturated rings. The highest BCUT2D eigenvalue weighted by Gasteiger charge is 2.33. The van der Waals surface area contributed by atoms with Gasteiger partial charge < -0.3 is 10.4 Å². The fraction of sp³-hybridized carbons (Fsp3) is 1.00. The van der Waals surface area contributed by atoms with E-state index in [-0.39, 0.29) is 6.73 Å². The zero-order chi connectivity index (χ0) is 10.7. The maximum Gasteiger partial charge on any atom is 0.201 e. The second-order valence-electron chi connectivity index (χ2n) is 4.80. The van der Waals surface area contributed by atoms with Crippen molar-refractivity contribution in [3.05, 3.63) is 0 Å². The van der Waals surface area contributed by atoms with E-state index < -0.39 is 0 Å². The Kier molecular flexibility index (Phi) is 4.02. The number of piperidine rings is 1. The van der Waals surface area contributed by atoms with Crippen LogP contribution in [0.2, 0.25) is 0 Å². The Bertz CT molecular complexity index is 201. The maximum atomic E-state index is 9.20. The van der Waals surface area contributed by atoms with E-state index in [1.807, 2.05) is 13.0 Å². The molecule has 15 heavy (non-hydrogen) atoms. The van der Waals surface area contributed by atoms with Crippen LogP contribution in [0.3, 0.4) is 0 Å². The van der Waals surface area contributed by atoms with Crippen molar-refractivity contribution in [1.82, 2.24) is 15.7 Å². The van der Waals surface area contributed by atoms with Gasteiger partial charge in [0.1, 0.15) is 6.73 Å². The topological polar surface area (TPSA) is 47.5 Å². The minimum atomic E-state index is 0.0750. The van der Waals surface area contributed by atoms with E-state index in [1.165, 1.54) is 32.1 Å². The lowest BCUT2D eigenvalue weighted by Crippen LogP contribution is -2.57. The highest BCUT2D eigenvalue weighted by atomic mass is 16.3. The number of fused-ring (bicyclic) bond motifs is 1. The van der Waals surface area contributed by atoms with Gasteiger partial charge in [0.25, 0.3) is 0 Å². The molecule has 0 spiro atoms. The normalized spacial score (nSPS) is 36.5. The summed E-state index contributed by atoms with van der Waals surface area (Å²) in [4.78, 5) is 0. The third kappa shape index (κ3) is 2.53. The third-order valence-electron chi connectivity index (χ3n) is 4.02. The monoisotopic (exact) mass is 211 g/mol. The maximum absolute atomic E-state index is 9.20. The van der Waals surface area contributed by atoms with Crippen molar-refractivity contribution in [1.29, 1.82) is 0 Å². The number of nitrogens with zero attached hydrogens (tertiary/aromatic N) is 1. The van der Waals surface area contributed by atoms with Crippen molar-refractivity contribution >= 4 is 7.98 Å². The zero-order valence-electron chi connectivity index (χ0n) is 9.58. The molecule has 1 aliphatic heterocycles. The minimum Gasteiger partial charge on any atom is -0.380 e. The number of hydrogen-bond acceptors (Lipinski definition) is 4. The third-order valence-corrected chi connectivity index (χ3v) is 4.02. The van der Waals surface area contributed by atoms with Crippen molar-refractivity contribution in [2.45, 2.75) is 38.3 Å². The van der Waals surface area contributed by atoms with Crippen LogP contribution in [0, 0.1) is 11.8 Å². The lowest BCUT2D eigenvalue weighted by Gasteiger charge is -2.43. The van der Waals surface area contributed by atoms with Gasteiger partial charge in [-0.3, -0.25) is 5.34 Å². The molecule has 86 valence electrons. The molecular weight excluding hydrogens is 189 g/mol. The van der Waals surface area contributed by atoms with Gasteiger partial charge in [-0.25, -0.2) is 5.01 Å². The van der Waals surface area contributed by atoms with Crippen LogP contribution in [0.4, 0.5) is 0 Å². The first-order chi connectivity index (χ1) is 7.35. The molecule has 1 saturated carbocycles. The van der Waals surface area contributed by atoms with Crippen LogP contribution in [0.1, 0.15) is 32.1 Å². The zero-order valence-corrected chi connectivity index (χ0v) is 9.58. The quantitative estimate of drug-likeness (QED) is 0.332. The van der Waals surface area contributed by atoms with Gasteiger partial charge >= 0.3 is 0 Å². The van der Waals surface area contributed by atoms with Gasteiger partial charge in [-0.1, -0.05) is 19.3 Å². The first-order valence-corrected chi connectivity index (χ1v) is 6.13. The largest absolute Gasteiger partial charge is 0.380 e. The van der Waals surface area contributed by atoms with Crippen molar-refractivity contribution in [2.24, 2.45) is 11.8 Å². The molecular formula is C10H22BN3O. The molecule has 0 amide bonds. The van der Waals surface area contributed by atoms with E-state index in [2.05, 4.69) is 10.7 Å². The van der Waals surface area contributed by atoms with Gasteiger partial charge in [-0.2, -0.15) is 0 Å². The van der Waals surface area contributed by atoms with Crippen LogP contribution in [0.5, 0.6) is 0 Å². The predicted octanol–water partition coefficient (Wildman–Crippen LogP) is -0.583. The van der Waals surface area contributed by atoms with E-state index in [1.54, 1.807) is 0 Å². The fourth-order valence-corrected chi connectivity index (χ4v) is 3.08.